The molecule has 0 radical (unpaired) electrons. The lowest BCUT2D eigenvalue weighted by Crippen LogP contribution is -2.43. The molecule has 4 N–H and O–H groups in total. The Morgan fingerprint density at radius 2 is 1.95 bits per heavy atom. The van der Waals surface area contributed by atoms with Crippen molar-refractivity contribution >= 4 is 45.7 Å². The van der Waals surface area contributed by atoms with E-state index in [1.54, 1.807) is 12.1 Å². The van der Waals surface area contributed by atoms with Gasteiger partial charge in [0.1, 0.15) is 17.3 Å². The highest BCUT2D eigenvalue weighted by Gasteiger charge is 2.21. The standard InChI is InChI=1S/C28H29N5O5/c34-24(32-27-29-14-4-15-30-27)7-3-16-37-20-11-8-18(9-12-20)17-22(26(35)36)31-28-33-25-21-6-2-1-5-19(21)10-13-23(25)38-28/h1-2,5-6,8-13,22H,3-4,7,14-17H2,(H,31,33)(H,35,36)(H2,29,30,32,34)/t22-/m0/s1. The maximum atomic E-state index is 12.0. The monoisotopic (exact) mass is 515 g/mol. The number of carboxylic acid groups (broad SMARTS) is 1. The number of benzene rings is 3. The molecule has 0 unspecified atom stereocenters. The van der Waals surface area contributed by atoms with Gasteiger partial charge in [0.15, 0.2) is 11.5 Å². The first-order valence-electron chi connectivity index (χ1n) is 12.6. The number of oxazole rings is 1. The summed E-state index contributed by atoms with van der Waals surface area (Å²) >= 11 is 0. The van der Waals surface area contributed by atoms with Gasteiger partial charge in [-0.25, -0.2) is 4.79 Å². The van der Waals surface area contributed by atoms with Crippen LogP contribution in [-0.4, -0.2) is 53.7 Å². The van der Waals surface area contributed by atoms with E-state index in [0.29, 0.717) is 42.3 Å². The molecule has 1 aliphatic heterocycles. The smallest absolute Gasteiger partial charge is 0.326 e. The van der Waals surface area contributed by atoms with Crippen molar-refractivity contribution in [2.75, 3.05) is 25.0 Å². The van der Waals surface area contributed by atoms with E-state index >= 15 is 0 Å². The number of aliphatic carboxylic acids is 1. The van der Waals surface area contributed by atoms with Crippen molar-refractivity contribution < 1.29 is 23.8 Å². The third kappa shape index (κ3) is 6.20. The summed E-state index contributed by atoms with van der Waals surface area (Å²) in [5.74, 6) is 0.0798. The molecule has 1 aromatic heterocycles. The Morgan fingerprint density at radius 3 is 2.74 bits per heavy atom. The van der Waals surface area contributed by atoms with Crippen LogP contribution in [0.5, 0.6) is 5.75 Å². The third-order valence-electron chi connectivity index (χ3n) is 6.21. The second-order valence-electron chi connectivity index (χ2n) is 9.05. The van der Waals surface area contributed by atoms with Gasteiger partial charge in [-0.1, -0.05) is 42.5 Å². The first-order valence-corrected chi connectivity index (χ1v) is 12.6. The van der Waals surface area contributed by atoms with Gasteiger partial charge < -0.3 is 24.9 Å². The molecule has 0 saturated carbocycles. The van der Waals surface area contributed by atoms with E-state index in [0.717, 1.165) is 35.8 Å². The summed E-state index contributed by atoms with van der Waals surface area (Å²) in [4.78, 5) is 32.7. The predicted molar refractivity (Wildman–Crippen MR) is 145 cm³/mol. The molecule has 1 atom stereocenters. The van der Waals surface area contributed by atoms with E-state index in [2.05, 4.69) is 25.9 Å². The Kier molecular flexibility index (Phi) is 7.67. The van der Waals surface area contributed by atoms with Crippen LogP contribution in [0.4, 0.5) is 6.01 Å². The van der Waals surface area contributed by atoms with E-state index in [-0.39, 0.29) is 18.3 Å². The van der Waals surface area contributed by atoms with Crippen LogP contribution in [0.25, 0.3) is 21.9 Å². The Balaban J connectivity index is 1.13. The summed E-state index contributed by atoms with van der Waals surface area (Å²) in [5, 5.41) is 20.5. The lowest BCUT2D eigenvalue weighted by Gasteiger charge is -2.15. The van der Waals surface area contributed by atoms with Crippen molar-refractivity contribution in [2.24, 2.45) is 4.99 Å². The van der Waals surface area contributed by atoms with Crippen molar-refractivity contribution in [2.45, 2.75) is 31.7 Å². The molecule has 0 saturated heterocycles. The summed E-state index contributed by atoms with van der Waals surface area (Å²) in [5.41, 5.74) is 2.10. The average Bonchev–Trinajstić information content (AvgIpc) is 3.35. The summed E-state index contributed by atoms with van der Waals surface area (Å²) in [6.07, 6.45) is 2.09. The van der Waals surface area contributed by atoms with Gasteiger partial charge in [0, 0.05) is 31.3 Å². The Labute approximate surface area is 219 Å². The third-order valence-corrected chi connectivity index (χ3v) is 6.21. The van der Waals surface area contributed by atoms with E-state index in [9.17, 15) is 14.7 Å². The van der Waals surface area contributed by atoms with Gasteiger partial charge in [-0.3, -0.25) is 15.1 Å². The highest BCUT2D eigenvalue weighted by Crippen LogP contribution is 2.27. The molecular formula is C28H29N5O5. The molecule has 0 aliphatic carbocycles. The molecule has 196 valence electrons. The minimum Gasteiger partial charge on any atom is -0.494 e. The predicted octanol–water partition coefficient (Wildman–Crippen LogP) is 3.71. The molecule has 38 heavy (non-hydrogen) atoms. The summed E-state index contributed by atoms with van der Waals surface area (Å²) < 4.78 is 11.5. The number of hydrogen-bond donors (Lipinski definition) is 4. The number of amides is 1. The molecule has 10 heteroatoms. The van der Waals surface area contributed by atoms with Crippen LogP contribution in [0.1, 0.15) is 24.8 Å². The number of carboxylic acids is 1. The Hall–Kier alpha value is -4.60. The molecule has 0 bridgehead atoms. The molecule has 1 aliphatic rings. The van der Waals surface area contributed by atoms with Gasteiger partial charge in [0.25, 0.3) is 6.01 Å². The van der Waals surface area contributed by atoms with Crippen LogP contribution in [0.3, 0.4) is 0 Å². The van der Waals surface area contributed by atoms with E-state index < -0.39 is 12.0 Å². The van der Waals surface area contributed by atoms with Gasteiger partial charge in [-0.05, 0) is 42.0 Å². The van der Waals surface area contributed by atoms with Crippen LogP contribution in [0.15, 0.2) is 70.1 Å². The van der Waals surface area contributed by atoms with Crippen molar-refractivity contribution in [1.82, 2.24) is 15.6 Å². The van der Waals surface area contributed by atoms with Gasteiger partial charge in [-0.2, -0.15) is 4.98 Å². The SMILES string of the molecule is O=C(CCCOc1ccc(C[C@H](Nc2nc3c(ccc4ccccc43)o2)C(=O)O)cc1)NC1=NCCCN1. The van der Waals surface area contributed by atoms with Crippen molar-refractivity contribution in [3.63, 3.8) is 0 Å². The number of nitrogens with one attached hydrogen (secondary N) is 3. The molecule has 0 fully saturated rings. The van der Waals surface area contributed by atoms with Crippen LogP contribution < -0.4 is 20.7 Å². The zero-order chi connectivity index (χ0) is 26.3. The number of rotatable bonds is 10. The number of carbonyl (C=O) groups is 2. The quantitative estimate of drug-likeness (QED) is 0.235. The normalized spacial score (nSPS) is 13.9. The zero-order valence-electron chi connectivity index (χ0n) is 20.8. The Morgan fingerprint density at radius 1 is 1.11 bits per heavy atom. The average molecular weight is 516 g/mol. The van der Waals surface area contributed by atoms with E-state index in [4.69, 9.17) is 9.15 Å². The zero-order valence-corrected chi connectivity index (χ0v) is 20.8. The van der Waals surface area contributed by atoms with Gasteiger partial charge in [-0.15, -0.1) is 0 Å². The first-order chi connectivity index (χ1) is 18.5. The molecule has 2 heterocycles. The van der Waals surface area contributed by atoms with Crippen LogP contribution in [0.2, 0.25) is 0 Å². The second-order valence-corrected chi connectivity index (χ2v) is 9.05. The molecule has 4 aromatic rings. The number of hydrogen-bond acceptors (Lipinski definition) is 8. The van der Waals surface area contributed by atoms with Gasteiger partial charge >= 0.3 is 5.97 Å². The Bertz CT molecular complexity index is 1460. The fraction of sp³-hybridized carbons (Fsp3) is 0.286. The highest BCUT2D eigenvalue weighted by atomic mass is 16.5. The number of nitrogens with zero attached hydrogens (tertiary/aromatic N) is 2. The highest BCUT2D eigenvalue weighted by molar-refractivity contribution is 6.03. The lowest BCUT2D eigenvalue weighted by atomic mass is 10.1. The van der Waals surface area contributed by atoms with Crippen molar-refractivity contribution in [3.05, 3.63) is 66.2 Å². The number of carbonyl (C=O) groups excluding carboxylic acids is 1. The summed E-state index contributed by atoms with van der Waals surface area (Å²) in [7, 11) is 0. The summed E-state index contributed by atoms with van der Waals surface area (Å²) in [6, 6.07) is 18.1. The topological polar surface area (TPSA) is 138 Å². The van der Waals surface area contributed by atoms with Crippen LogP contribution >= 0.6 is 0 Å². The minimum absolute atomic E-state index is 0.101. The number of guanidine groups is 1. The molecule has 10 nitrogen and oxygen atoms in total. The molecule has 3 aromatic carbocycles. The fourth-order valence-electron chi connectivity index (χ4n) is 4.26. The lowest BCUT2D eigenvalue weighted by molar-refractivity contribution is -0.138. The molecule has 1 amide bonds. The number of aliphatic imine (C=N–C) groups is 1. The molecular weight excluding hydrogens is 486 g/mol. The van der Waals surface area contributed by atoms with E-state index in [1.165, 1.54) is 0 Å². The minimum atomic E-state index is -1.01. The second kappa shape index (κ2) is 11.6. The summed E-state index contributed by atoms with van der Waals surface area (Å²) in [6.45, 7) is 1.92. The fourth-order valence-corrected chi connectivity index (χ4v) is 4.26. The number of anilines is 1. The largest absolute Gasteiger partial charge is 0.494 e. The van der Waals surface area contributed by atoms with Gasteiger partial charge in [0.2, 0.25) is 5.91 Å². The maximum Gasteiger partial charge on any atom is 0.326 e. The van der Waals surface area contributed by atoms with Gasteiger partial charge in [0.05, 0.1) is 6.61 Å². The van der Waals surface area contributed by atoms with Crippen LogP contribution in [0, 0.1) is 0 Å². The van der Waals surface area contributed by atoms with Crippen LogP contribution in [-0.2, 0) is 16.0 Å². The maximum absolute atomic E-state index is 12.0. The van der Waals surface area contributed by atoms with Crippen molar-refractivity contribution in [3.8, 4) is 5.75 Å². The number of aromatic nitrogens is 1. The van der Waals surface area contributed by atoms with Crippen molar-refractivity contribution in [1.29, 1.82) is 0 Å². The molecule has 0 spiro atoms. The number of ether oxygens (including phenoxy) is 1. The van der Waals surface area contributed by atoms with E-state index in [1.807, 2.05) is 48.5 Å². The first kappa shape index (κ1) is 25.1. The molecule has 5 rings (SSSR count). The number of fused-ring (bicyclic) bond motifs is 3.